The van der Waals surface area contributed by atoms with Crippen molar-refractivity contribution in [2.24, 2.45) is 0 Å². The lowest BCUT2D eigenvalue weighted by Gasteiger charge is -2.48. The van der Waals surface area contributed by atoms with Gasteiger partial charge < -0.3 is 4.74 Å². The molecule has 4 heteroatoms. The van der Waals surface area contributed by atoms with Crippen LogP contribution < -0.4 is 0 Å². The molecule has 0 N–H and O–H groups in total. The molecule has 1 rings (SSSR count). The third-order valence-corrected chi connectivity index (χ3v) is 13.5. The molecule has 0 saturated carbocycles. The topological polar surface area (TPSA) is 26.3 Å². The molecule has 1 heterocycles. The van der Waals surface area contributed by atoms with Crippen molar-refractivity contribution in [3.8, 4) is 0 Å². The van der Waals surface area contributed by atoms with E-state index in [2.05, 4.69) is 48.5 Å². The van der Waals surface area contributed by atoms with Gasteiger partial charge in [0.05, 0.1) is 14.2 Å². The zero-order valence-corrected chi connectivity index (χ0v) is 15.1. The summed E-state index contributed by atoms with van der Waals surface area (Å²) >= 11 is 5.66. The lowest BCUT2D eigenvalue weighted by Crippen LogP contribution is -2.50. The standard InChI is InChI=1S/C15H29ClO2Si/c1-9(2)19(10(3)4,11(5)6)14-8-13(15(16)17)18-12(14)7/h9-14H,8H2,1-7H3/t12-,13-,14+/m1/s1. The molecule has 0 bridgehead atoms. The van der Waals surface area contributed by atoms with Crippen LogP contribution in [0.4, 0.5) is 0 Å². The fourth-order valence-corrected chi connectivity index (χ4v) is 13.1. The third kappa shape index (κ3) is 2.93. The Bertz CT molecular complexity index is 306. The molecule has 1 saturated heterocycles. The highest BCUT2D eigenvalue weighted by molar-refractivity contribution is 6.85. The molecule has 0 aliphatic carbocycles. The zero-order valence-electron chi connectivity index (χ0n) is 13.4. The minimum atomic E-state index is -1.58. The van der Waals surface area contributed by atoms with Crippen LogP contribution in [0, 0.1) is 0 Å². The minimum absolute atomic E-state index is 0.159. The van der Waals surface area contributed by atoms with Gasteiger partial charge in [0, 0.05) is 0 Å². The van der Waals surface area contributed by atoms with Crippen molar-refractivity contribution >= 4 is 24.9 Å². The molecule has 2 nitrogen and oxygen atoms in total. The second-order valence-corrected chi connectivity index (χ2v) is 13.5. The van der Waals surface area contributed by atoms with E-state index in [9.17, 15) is 4.79 Å². The Hall–Kier alpha value is 0.137. The highest BCUT2D eigenvalue weighted by Crippen LogP contribution is 2.55. The van der Waals surface area contributed by atoms with Crippen LogP contribution in [0.1, 0.15) is 54.9 Å². The van der Waals surface area contributed by atoms with Crippen LogP contribution in [0.5, 0.6) is 0 Å². The van der Waals surface area contributed by atoms with Gasteiger partial charge in [-0.2, -0.15) is 0 Å². The molecule has 0 radical (unpaired) electrons. The van der Waals surface area contributed by atoms with Gasteiger partial charge in [0.2, 0.25) is 0 Å². The Labute approximate surface area is 124 Å². The maximum absolute atomic E-state index is 11.4. The number of carbonyl (C=O) groups is 1. The first-order valence-electron chi connectivity index (χ1n) is 7.50. The van der Waals surface area contributed by atoms with Gasteiger partial charge in [0.15, 0.2) is 0 Å². The number of carbonyl (C=O) groups excluding carboxylic acids is 1. The van der Waals surface area contributed by atoms with Crippen LogP contribution in [0.25, 0.3) is 0 Å². The van der Waals surface area contributed by atoms with E-state index in [1.807, 2.05) is 0 Å². The van der Waals surface area contributed by atoms with Crippen LogP contribution in [-0.2, 0) is 9.53 Å². The molecule has 0 amide bonds. The number of halogens is 1. The molecule has 1 aliphatic heterocycles. The van der Waals surface area contributed by atoms with E-state index in [1.165, 1.54) is 0 Å². The zero-order chi connectivity index (χ0) is 15.0. The molecule has 3 atom stereocenters. The summed E-state index contributed by atoms with van der Waals surface area (Å²) in [4.78, 5) is 11.4. The monoisotopic (exact) mass is 304 g/mol. The van der Waals surface area contributed by atoms with E-state index in [-0.39, 0.29) is 17.5 Å². The van der Waals surface area contributed by atoms with Crippen molar-refractivity contribution in [2.45, 2.75) is 89.3 Å². The smallest absolute Gasteiger partial charge is 0.250 e. The average molecular weight is 305 g/mol. The van der Waals surface area contributed by atoms with E-state index < -0.39 is 8.07 Å². The summed E-state index contributed by atoms with van der Waals surface area (Å²) in [6, 6.07) is 0. The van der Waals surface area contributed by atoms with Crippen molar-refractivity contribution in [3.63, 3.8) is 0 Å². The highest BCUT2D eigenvalue weighted by Gasteiger charge is 2.54. The second-order valence-electron chi connectivity index (χ2n) is 6.94. The van der Waals surface area contributed by atoms with E-state index in [1.54, 1.807) is 0 Å². The Morgan fingerprint density at radius 2 is 1.53 bits per heavy atom. The van der Waals surface area contributed by atoms with Gasteiger partial charge in [0.25, 0.3) is 5.24 Å². The lowest BCUT2D eigenvalue weighted by molar-refractivity contribution is -0.121. The van der Waals surface area contributed by atoms with E-state index in [4.69, 9.17) is 16.3 Å². The maximum Gasteiger partial charge on any atom is 0.250 e. The van der Waals surface area contributed by atoms with Crippen LogP contribution in [0.15, 0.2) is 0 Å². The molecule has 19 heavy (non-hydrogen) atoms. The predicted octanol–water partition coefficient (Wildman–Crippen LogP) is 4.98. The van der Waals surface area contributed by atoms with Gasteiger partial charge >= 0.3 is 0 Å². The van der Waals surface area contributed by atoms with Crippen molar-refractivity contribution < 1.29 is 9.53 Å². The summed E-state index contributed by atoms with van der Waals surface area (Å²) in [6.07, 6.45) is 0.598. The SMILES string of the molecule is CC(C)[Si](C(C)C)(C(C)C)[C@H]1C[C@H](C(=O)Cl)O[C@@H]1C. The summed E-state index contributed by atoms with van der Waals surface area (Å²) in [6.45, 7) is 16.3. The number of rotatable bonds is 5. The summed E-state index contributed by atoms with van der Waals surface area (Å²) < 4.78 is 5.85. The number of hydrogen-bond acceptors (Lipinski definition) is 2. The fourth-order valence-electron chi connectivity index (χ4n) is 4.87. The first kappa shape index (κ1) is 17.2. The van der Waals surface area contributed by atoms with Gasteiger partial charge in [-0.15, -0.1) is 0 Å². The Balaban J connectivity index is 3.16. The van der Waals surface area contributed by atoms with Gasteiger partial charge in [-0.25, -0.2) is 0 Å². The van der Waals surface area contributed by atoms with Gasteiger partial charge in [-0.05, 0) is 30.5 Å². The molecule has 112 valence electrons. The van der Waals surface area contributed by atoms with Crippen molar-refractivity contribution in [2.75, 3.05) is 0 Å². The van der Waals surface area contributed by atoms with Crippen molar-refractivity contribution in [3.05, 3.63) is 0 Å². The first-order valence-corrected chi connectivity index (χ1v) is 10.2. The molecule has 0 aromatic rings. The Morgan fingerprint density at radius 3 is 1.79 bits per heavy atom. The molecular weight excluding hydrogens is 276 g/mol. The molecule has 0 aromatic carbocycles. The second kappa shape index (κ2) is 6.27. The van der Waals surface area contributed by atoms with Gasteiger partial charge in [-0.1, -0.05) is 58.2 Å². The highest BCUT2D eigenvalue weighted by atomic mass is 35.5. The molecule has 1 aliphatic rings. The normalized spacial score (nSPS) is 28.7. The minimum Gasteiger partial charge on any atom is -0.366 e. The molecule has 0 spiro atoms. The van der Waals surface area contributed by atoms with E-state index in [0.29, 0.717) is 22.2 Å². The van der Waals surface area contributed by atoms with Crippen LogP contribution in [0.2, 0.25) is 22.2 Å². The molecule has 1 fully saturated rings. The van der Waals surface area contributed by atoms with E-state index in [0.717, 1.165) is 6.42 Å². The fraction of sp³-hybridized carbons (Fsp3) is 0.933. The quantitative estimate of drug-likeness (QED) is 0.529. The summed E-state index contributed by atoms with van der Waals surface area (Å²) in [5.41, 5.74) is 2.59. The average Bonchev–Trinajstić information content (AvgIpc) is 2.60. The van der Waals surface area contributed by atoms with Crippen LogP contribution in [0.3, 0.4) is 0 Å². The Kier molecular flexibility index (Phi) is 5.68. The third-order valence-electron chi connectivity index (χ3n) is 5.31. The van der Waals surface area contributed by atoms with Crippen LogP contribution >= 0.6 is 11.6 Å². The van der Waals surface area contributed by atoms with Gasteiger partial charge in [0.1, 0.15) is 6.10 Å². The maximum atomic E-state index is 11.4. The molecule has 0 aromatic heterocycles. The van der Waals surface area contributed by atoms with E-state index >= 15 is 0 Å². The summed E-state index contributed by atoms with van der Waals surface area (Å²) in [5.74, 6) is 0. The summed E-state index contributed by atoms with van der Waals surface area (Å²) in [7, 11) is -1.58. The molecule has 0 unspecified atom stereocenters. The lowest BCUT2D eigenvalue weighted by atomic mass is 10.2. The molecular formula is C15H29ClO2Si. The van der Waals surface area contributed by atoms with Gasteiger partial charge in [-0.3, -0.25) is 4.79 Å². The predicted molar refractivity (Wildman–Crippen MR) is 84.6 cm³/mol. The first-order chi connectivity index (χ1) is 8.65. The van der Waals surface area contributed by atoms with Crippen molar-refractivity contribution in [1.82, 2.24) is 0 Å². The Morgan fingerprint density at radius 1 is 1.11 bits per heavy atom. The number of ether oxygens (including phenoxy) is 1. The van der Waals surface area contributed by atoms with Crippen LogP contribution in [-0.4, -0.2) is 25.5 Å². The number of hydrogen-bond donors (Lipinski definition) is 0. The largest absolute Gasteiger partial charge is 0.366 e. The summed E-state index contributed by atoms with van der Waals surface area (Å²) in [5, 5.41) is -0.325. The van der Waals surface area contributed by atoms with Crippen molar-refractivity contribution in [1.29, 1.82) is 0 Å².